The number of nitro benzene ring substituents is 1. The molecule has 0 amide bonds. The minimum Gasteiger partial charge on any atom is -0.385 e. The predicted octanol–water partition coefficient (Wildman–Crippen LogP) is 3.12. The van der Waals surface area contributed by atoms with E-state index in [-0.39, 0.29) is 22.9 Å². The lowest BCUT2D eigenvalue weighted by Gasteiger charge is -2.16. The van der Waals surface area contributed by atoms with Crippen LogP contribution in [0.1, 0.15) is 13.3 Å². The van der Waals surface area contributed by atoms with Gasteiger partial charge in [-0.05, 0) is 25.5 Å². The zero-order chi connectivity index (χ0) is 15.4. The number of non-ortho nitro benzene ring substituents is 1. The van der Waals surface area contributed by atoms with Crippen LogP contribution in [0.2, 0.25) is 0 Å². The summed E-state index contributed by atoms with van der Waals surface area (Å²) in [6.07, 6.45) is 2.16. The Morgan fingerprint density at radius 3 is 3.00 bits per heavy atom. The first kappa shape index (κ1) is 15.1. The van der Waals surface area contributed by atoms with Gasteiger partial charge in [0.2, 0.25) is 0 Å². The number of nitrogens with one attached hydrogen (secondary N) is 1. The Kier molecular flexibility index (Phi) is 4.64. The van der Waals surface area contributed by atoms with Crippen molar-refractivity contribution in [1.82, 2.24) is 4.98 Å². The highest BCUT2D eigenvalue weighted by atomic mass is 19.1. The van der Waals surface area contributed by atoms with Gasteiger partial charge in [0.05, 0.1) is 22.1 Å². The molecule has 0 fully saturated rings. The summed E-state index contributed by atoms with van der Waals surface area (Å²) in [4.78, 5) is 14.5. The Bertz CT molecular complexity index is 663. The highest BCUT2D eigenvalue weighted by molar-refractivity contribution is 5.97. The van der Waals surface area contributed by atoms with Crippen LogP contribution in [-0.2, 0) is 4.74 Å². The van der Waals surface area contributed by atoms with Gasteiger partial charge in [0.15, 0.2) is 5.82 Å². The van der Waals surface area contributed by atoms with E-state index >= 15 is 0 Å². The van der Waals surface area contributed by atoms with Crippen LogP contribution in [0, 0.1) is 15.9 Å². The van der Waals surface area contributed by atoms with Crippen molar-refractivity contribution >= 4 is 22.3 Å². The normalized spacial score (nSPS) is 12.3. The van der Waals surface area contributed by atoms with Crippen molar-refractivity contribution in [2.24, 2.45) is 0 Å². The number of halogens is 1. The first-order valence-corrected chi connectivity index (χ1v) is 6.51. The molecule has 0 aliphatic rings. The lowest BCUT2D eigenvalue weighted by atomic mass is 10.1. The fourth-order valence-electron chi connectivity index (χ4n) is 2.10. The molecule has 1 unspecified atom stereocenters. The number of fused-ring (bicyclic) bond motifs is 1. The molecule has 1 atom stereocenters. The van der Waals surface area contributed by atoms with Gasteiger partial charge in [-0.3, -0.25) is 15.1 Å². The summed E-state index contributed by atoms with van der Waals surface area (Å²) >= 11 is 0. The summed E-state index contributed by atoms with van der Waals surface area (Å²) in [7, 11) is 1.59. The summed E-state index contributed by atoms with van der Waals surface area (Å²) in [5.74, 6) is -0.683. The second-order valence-electron chi connectivity index (χ2n) is 4.74. The van der Waals surface area contributed by atoms with Crippen molar-refractivity contribution in [1.29, 1.82) is 0 Å². The van der Waals surface area contributed by atoms with Gasteiger partial charge in [0.1, 0.15) is 5.52 Å². The van der Waals surface area contributed by atoms with Crippen molar-refractivity contribution in [3.63, 3.8) is 0 Å². The number of aromatic nitrogens is 1. The monoisotopic (exact) mass is 293 g/mol. The first-order valence-electron chi connectivity index (χ1n) is 6.51. The van der Waals surface area contributed by atoms with E-state index in [0.29, 0.717) is 18.4 Å². The molecular formula is C14H16FN3O3. The lowest BCUT2D eigenvalue weighted by Crippen LogP contribution is -2.18. The molecule has 0 aliphatic carbocycles. The predicted molar refractivity (Wildman–Crippen MR) is 77.9 cm³/mol. The van der Waals surface area contributed by atoms with E-state index < -0.39 is 10.7 Å². The molecule has 0 radical (unpaired) electrons. The minimum atomic E-state index is -0.683. The minimum absolute atomic E-state index is 0.0499. The van der Waals surface area contributed by atoms with Gasteiger partial charge in [-0.2, -0.15) is 0 Å². The summed E-state index contributed by atoms with van der Waals surface area (Å²) in [5.41, 5.74) is 0.152. The Labute approximate surface area is 121 Å². The van der Waals surface area contributed by atoms with Crippen molar-refractivity contribution in [2.45, 2.75) is 19.4 Å². The molecule has 2 rings (SSSR count). The van der Waals surface area contributed by atoms with Gasteiger partial charge in [-0.25, -0.2) is 4.39 Å². The number of benzene rings is 1. The van der Waals surface area contributed by atoms with E-state index in [2.05, 4.69) is 10.3 Å². The topological polar surface area (TPSA) is 77.3 Å². The molecule has 2 aromatic rings. The first-order chi connectivity index (χ1) is 10.0. The zero-order valence-corrected chi connectivity index (χ0v) is 11.8. The third-order valence-electron chi connectivity index (χ3n) is 3.17. The highest BCUT2D eigenvalue weighted by Gasteiger charge is 2.20. The summed E-state index contributed by atoms with van der Waals surface area (Å²) in [5, 5.41) is 14.3. The van der Waals surface area contributed by atoms with E-state index in [9.17, 15) is 14.5 Å². The summed E-state index contributed by atoms with van der Waals surface area (Å²) < 4.78 is 19.2. The zero-order valence-electron chi connectivity index (χ0n) is 11.8. The van der Waals surface area contributed by atoms with Crippen molar-refractivity contribution < 1.29 is 14.1 Å². The van der Waals surface area contributed by atoms with Gasteiger partial charge >= 0.3 is 0 Å². The smallest absolute Gasteiger partial charge is 0.281 e. The van der Waals surface area contributed by atoms with Gasteiger partial charge in [0, 0.05) is 26.0 Å². The molecule has 0 saturated carbocycles. The van der Waals surface area contributed by atoms with Gasteiger partial charge < -0.3 is 10.1 Å². The van der Waals surface area contributed by atoms with Gasteiger partial charge in [-0.1, -0.05) is 0 Å². The molecule has 7 heteroatoms. The SMILES string of the molecule is COCCC(C)Nc1c(F)cc([N+](=O)[O-])c2cccnc12. The maximum Gasteiger partial charge on any atom is 0.281 e. The average molecular weight is 293 g/mol. The number of hydrogen-bond donors (Lipinski definition) is 1. The van der Waals surface area contributed by atoms with Crippen LogP contribution < -0.4 is 5.32 Å². The van der Waals surface area contributed by atoms with Crippen LogP contribution in [0.15, 0.2) is 24.4 Å². The molecule has 1 heterocycles. The number of ether oxygens (including phenoxy) is 1. The molecule has 0 bridgehead atoms. The van der Waals surface area contributed by atoms with E-state index in [1.165, 1.54) is 6.20 Å². The summed E-state index contributed by atoms with van der Waals surface area (Å²) in [6.45, 7) is 2.42. The molecule has 112 valence electrons. The second kappa shape index (κ2) is 6.45. The van der Waals surface area contributed by atoms with E-state index in [4.69, 9.17) is 4.74 Å². The van der Waals surface area contributed by atoms with Crippen LogP contribution in [0.25, 0.3) is 10.9 Å². The molecule has 1 N–H and O–H groups in total. The Morgan fingerprint density at radius 2 is 2.33 bits per heavy atom. The average Bonchev–Trinajstić information content (AvgIpc) is 2.47. The quantitative estimate of drug-likeness (QED) is 0.654. The molecule has 1 aromatic heterocycles. The number of pyridine rings is 1. The molecule has 1 aromatic carbocycles. The van der Waals surface area contributed by atoms with Gasteiger partial charge in [0.25, 0.3) is 5.69 Å². The highest BCUT2D eigenvalue weighted by Crippen LogP contribution is 2.33. The number of nitrogens with zero attached hydrogens (tertiary/aromatic N) is 2. The maximum atomic E-state index is 14.2. The van der Waals surface area contributed by atoms with Gasteiger partial charge in [-0.15, -0.1) is 0 Å². The molecule has 0 aliphatic heterocycles. The van der Waals surface area contributed by atoms with E-state index in [1.54, 1.807) is 19.2 Å². The Hall–Kier alpha value is -2.28. The third-order valence-corrected chi connectivity index (χ3v) is 3.17. The molecule has 6 nitrogen and oxygen atoms in total. The maximum absolute atomic E-state index is 14.2. The number of rotatable bonds is 6. The number of hydrogen-bond acceptors (Lipinski definition) is 5. The molecular weight excluding hydrogens is 277 g/mol. The molecule has 21 heavy (non-hydrogen) atoms. The standard InChI is InChI=1S/C14H16FN3O3/c1-9(5-7-21-2)17-14-11(15)8-12(18(19)20)10-4-3-6-16-13(10)14/h3-4,6,8-9,17H,5,7H2,1-2H3. The molecule has 0 saturated heterocycles. The van der Waals surface area contributed by atoms with Crippen molar-refractivity contribution in [3.8, 4) is 0 Å². The fourth-order valence-corrected chi connectivity index (χ4v) is 2.10. The van der Waals surface area contributed by atoms with Crippen LogP contribution in [0.3, 0.4) is 0 Å². The van der Waals surface area contributed by atoms with Crippen LogP contribution in [0.4, 0.5) is 15.8 Å². The van der Waals surface area contributed by atoms with Crippen LogP contribution >= 0.6 is 0 Å². The lowest BCUT2D eigenvalue weighted by molar-refractivity contribution is -0.383. The molecule has 0 spiro atoms. The largest absolute Gasteiger partial charge is 0.385 e. The Morgan fingerprint density at radius 1 is 1.57 bits per heavy atom. The number of nitro groups is 1. The number of methoxy groups -OCH3 is 1. The van der Waals surface area contributed by atoms with E-state index in [0.717, 1.165) is 6.07 Å². The fraction of sp³-hybridized carbons (Fsp3) is 0.357. The summed E-state index contributed by atoms with van der Waals surface area (Å²) in [6, 6.07) is 4.03. The number of anilines is 1. The third kappa shape index (κ3) is 3.25. The van der Waals surface area contributed by atoms with Crippen LogP contribution in [-0.4, -0.2) is 29.7 Å². The van der Waals surface area contributed by atoms with Crippen molar-refractivity contribution in [2.75, 3.05) is 19.0 Å². The Balaban J connectivity index is 2.47. The van der Waals surface area contributed by atoms with Crippen LogP contribution in [0.5, 0.6) is 0 Å². The van der Waals surface area contributed by atoms with Crippen molar-refractivity contribution in [3.05, 3.63) is 40.3 Å². The van der Waals surface area contributed by atoms with E-state index in [1.807, 2.05) is 6.92 Å². The second-order valence-corrected chi connectivity index (χ2v) is 4.74.